The molecule has 0 radical (unpaired) electrons. The van der Waals surface area contributed by atoms with Crippen LogP contribution in [0.15, 0.2) is 41.1 Å². The number of aromatic nitrogens is 2. The number of piperazine rings is 1. The molecule has 0 saturated carbocycles. The minimum absolute atomic E-state index is 0.0634. The first kappa shape index (κ1) is 15.5. The summed E-state index contributed by atoms with van der Waals surface area (Å²) in [5.74, 6) is -0.929. The molecule has 1 aliphatic rings. The van der Waals surface area contributed by atoms with Gasteiger partial charge in [-0.1, -0.05) is 22.0 Å². The van der Waals surface area contributed by atoms with Gasteiger partial charge in [0.1, 0.15) is 6.54 Å². The number of nitrogens with zero attached hydrogens (tertiary/aromatic N) is 4. The third-order valence-corrected chi connectivity index (χ3v) is 3.92. The van der Waals surface area contributed by atoms with Crippen LogP contribution >= 0.6 is 15.9 Å². The minimum Gasteiger partial charge on any atom is -0.328 e. The van der Waals surface area contributed by atoms with Crippen LogP contribution in [0, 0.1) is 5.82 Å². The Balaban J connectivity index is 1.72. The zero-order chi connectivity index (χ0) is 16.4. The van der Waals surface area contributed by atoms with Gasteiger partial charge in [0.15, 0.2) is 5.82 Å². The third kappa shape index (κ3) is 3.37. The van der Waals surface area contributed by atoms with Gasteiger partial charge in [-0.15, -0.1) is 0 Å². The lowest BCUT2D eigenvalue weighted by Crippen LogP contribution is -2.52. The van der Waals surface area contributed by atoms with E-state index in [0.717, 1.165) is 16.9 Å². The normalized spacial score (nSPS) is 15.0. The molecule has 2 heterocycles. The van der Waals surface area contributed by atoms with E-state index in [-0.39, 0.29) is 30.9 Å². The van der Waals surface area contributed by atoms with E-state index in [1.807, 2.05) is 6.07 Å². The second-order valence-electron chi connectivity index (χ2n) is 4.98. The SMILES string of the molecule is O=C(c1cccc(Br)c1)N1CCN(c2ncc(F)cn2)C(=O)C1. The first-order valence-corrected chi connectivity index (χ1v) is 7.66. The fraction of sp³-hybridized carbons (Fsp3) is 0.200. The van der Waals surface area contributed by atoms with Gasteiger partial charge < -0.3 is 4.90 Å². The summed E-state index contributed by atoms with van der Waals surface area (Å²) in [7, 11) is 0. The fourth-order valence-electron chi connectivity index (χ4n) is 2.31. The number of carbonyl (C=O) groups excluding carboxylic acids is 2. The van der Waals surface area contributed by atoms with E-state index in [2.05, 4.69) is 25.9 Å². The van der Waals surface area contributed by atoms with Gasteiger partial charge in [0.25, 0.3) is 5.91 Å². The number of rotatable bonds is 2. The summed E-state index contributed by atoms with van der Waals surface area (Å²) in [4.78, 5) is 35.1. The lowest BCUT2D eigenvalue weighted by molar-refractivity contribution is -0.120. The molecule has 6 nitrogen and oxygen atoms in total. The summed E-state index contributed by atoms with van der Waals surface area (Å²) >= 11 is 3.32. The Kier molecular flexibility index (Phi) is 4.33. The molecular formula is C15H12BrFN4O2. The zero-order valence-corrected chi connectivity index (χ0v) is 13.5. The highest BCUT2D eigenvalue weighted by Gasteiger charge is 2.29. The van der Waals surface area contributed by atoms with E-state index in [4.69, 9.17) is 0 Å². The summed E-state index contributed by atoms with van der Waals surface area (Å²) in [6.45, 7) is 0.564. The average Bonchev–Trinajstić information content (AvgIpc) is 2.55. The standard InChI is InChI=1S/C15H12BrFN4O2/c16-11-3-1-2-10(6-11)14(23)20-4-5-21(13(22)9-20)15-18-7-12(17)8-19-15/h1-3,6-8H,4-5,9H2. The number of halogens is 2. The maximum atomic E-state index is 12.9. The van der Waals surface area contributed by atoms with E-state index < -0.39 is 5.82 Å². The van der Waals surface area contributed by atoms with Crippen LogP contribution in [-0.2, 0) is 4.79 Å². The van der Waals surface area contributed by atoms with Crippen molar-refractivity contribution < 1.29 is 14.0 Å². The minimum atomic E-state index is -0.565. The molecule has 8 heteroatoms. The Hall–Kier alpha value is -2.35. The summed E-state index contributed by atoms with van der Waals surface area (Å²) in [5.41, 5.74) is 0.513. The van der Waals surface area contributed by atoms with Crippen LogP contribution in [0.5, 0.6) is 0 Å². The van der Waals surface area contributed by atoms with Gasteiger partial charge in [-0.2, -0.15) is 0 Å². The van der Waals surface area contributed by atoms with Crippen molar-refractivity contribution in [3.8, 4) is 0 Å². The first-order chi connectivity index (χ1) is 11.0. The van der Waals surface area contributed by atoms with Crippen molar-refractivity contribution in [2.24, 2.45) is 0 Å². The predicted octanol–water partition coefficient (Wildman–Crippen LogP) is 1.87. The molecule has 1 aromatic carbocycles. The lowest BCUT2D eigenvalue weighted by Gasteiger charge is -2.33. The van der Waals surface area contributed by atoms with E-state index in [1.165, 1.54) is 9.80 Å². The summed E-state index contributed by atoms with van der Waals surface area (Å²) in [6, 6.07) is 7.00. The smallest absolute Gasteiger partial charge is 0.254 e. The molecule has 3 rings (SSSR count). The predicted molar refractivity (Wildman–Crippen MR) is 84.4 cm³/mol. The lowest BCUT2D eigenvalue weighted by atomic mass is 10.2. The van der Waals surface area contributed by atoms with Gasteiger partial charge in [0.2, 0.25) is 11.9 Å². The maximum Gasteiger partial charge on any atom is 0.254 e. The van der Waals surface area contributed by atoms with Gasteiger partial charge in [0.05, 0.1) is 12.4 Å². The molecule has 1 aromatic heterocycles. The highest BCUT2D eigenvalue weighted by Crippen LogP contribution is 2.16. The van der Waals surface area contributed by atoms with Crippen molar-refractivity contribution in [3.63, 3.8) is 0 Å². The third-order valence-electron chi connectivity index (χ3n) is 3.43. The Morgan fingerprint density at radius 2 is 1.96 bits per heavy atom. The summed E-state index contributed by atoms with van der Waals surface area (Å²) < 4.78 is 13.7. The topological polar surface area (TPSA) is 66.4 Å². The largest absolute Gasteiger partial charge is 0.328 e. The van der Waals surface area contributed by atoms with Gasteiger partial charge in [-0.3, -0.25) is 14.5 Å². The van der Waals surface area contributed by atoms with Crippen molar-refractivity contribution in [1.82, 2.24) is 14.9 Å². The van der Waals surface area contributed by atoms with Gasteiger partial charge in [-0.25, -0.2) is 14.4 Å². The highest BCUT2D eigenvalue weighted by molar-refractivity contribution is 9.10. The van der Waals surface area contributed by atoms with E-state index in [1.54, 1.807) is 18.2 Å². The number of hydrogen-bond donors (Lipinski definition) is 0. The highest BCUT2D eigenvalue weighted by atomic mass is 79.9. The van der Waals surface area contributed by atoms with Crippen LogP contribution in [0.4, 0.5) is 10.3 Å². The molecule has 2 aromatic rings. The second-order valence-corrected chi connectivity index (χ2v) is 5.90. The van der Waals surface area contributed by atoms with Gasteiger partial charge in [0, 0.05) is 23.1 Å². The molecule has 118 valence electrons. The Labute approximate surface area is 140 Å². The monoisotopic (exact) mass is 378 g/mol. The van der Waals surface area contributed by atoms with Crippen molar-refractivity contribution in [1.29, 1.82) is 0 Å². The van der Waals surface area contributed by atoms with E-state index in [9.17, 15) is 14.0 Å². The number of anilines is 1. The second kappa shape index (κ2) is 6.41. The summed E-state index contributed by atoms with van der Waals surface area (Å²) in [5, 5.41) is 0. The molecule has 0 bridgehead atoms. The molecule has 0 aliphatic carbocycles. The maximum absolute atomic E-state index is 12.9. The van der Waals surface area contributed by atoms with Crippen LogP contribution in [0.3, 0.4) is 0 Å². The quantitative estimate of drug-likeness (QED) is 0.799. The molecule has 0 unspecified atom stereocenters. The van der Waals surface area contributed by atoms with Crippen LogP contribution < -0.4 is 4.90 Å². The Bertz CT molecular complexity index is 753. The zero-order valence-electron chi connectivity index (χ0n) is 11.9. The number of carbonyl (C=O) groups is 2. The number of hydrogen-bond acceptors (Lipinski definition) is 4. The molecule has 1 aliphatic heterocycles. The fourth-order valence-corrected chi connectivity index (χ4v) is 2.71. The average molecular weight is 379 g/mol. The van der Waals surface area contributed by atoms with E-state index >= 15 is 0 Å². The van der Waals surface area contributed by atoms with Crippen LogP contribution in [0.1, 0.15) is 10.4 Å². The van der Waals surface area contributed by atoms with Crippen LogP contribution in [0.25, 0.3) is 0 Å². The first-order valence-electron chi connectivity index (χ1n) is 6.87. The Morgan fingerprint density at radius 1 is 1.22 bits per heavy atom. The van der Waals surface area contributed by atoms with Crippen molar-refractivity contribution in [2.75, 3.05) is 24.5 Å². The van der Waals surface area contributed by atoms with Crippen molar-refractivity contribution in [2.45, 2.75) is 0 Å². The number of benzene rings is 1. The van der Waals surface area contributed by atoms with Gasteiger partial charge in [-0.05, 0) is 18.2 Å². The molecule has 0 N–H and O–H groups in total. The molecule has 0 spiro atoms. The molecule has 2 amide bonds. The molecular weight excluding hydrogens is 367 g/mol. The van der Waals surface area contributed by atoms with Crippen molar-refractivity contribution >= 4 is 33.7 Å². The Morgan fingerprint density at radius 3 is 2.61 bits per heavy atom. The van der Waals surface area contributed by atoms with E-state index in [0.29, 0.717) is 12.1 Å². The molecule has 1 fully saturated rings. The molecule has 23 heavy (non-hydrogen) atoms. The van der Waals surface area contributed by atoms with Crippen LogP contribution in [0.2, 0.25) is 0 Å². The van der Waals surface area contributed by atoms with Gasteiger partial charge >= 0.3 is 0 Å². The summed E-state index contributed by atoms with van der Waals surface area (Å²) in [6.07, 6.45) is 2.02. The van der Waals surface area contributed by atoms with Crippen LogP contribution in [-0.4, -0.2) is 46.3 Å². The molecule has 1 saturated heterocycles. The molecule has 0 atom stereocenters. The number of amides is 2. The van der Waals surface area contributed by atoms with Crippen molar-refractivity contribution in [3.05, 3.63) is 52.5 Å².